The maximum Gasteiger partial charge on any atom is 0.255 e. The number of hydrogen-bond donors (Lipinski definition) is 1. The number of imide groups is 1. The van der Waals surface area contributed by atoms with Crippen molar-refractivity contribution in [3.05, 3.63) is 59.9 Å². The van der Waals surface area contributed by atoms with Crippen molar-refractivity contribution >= 4 is 23.4 Å². The fourth-order valence-corrected chi connectivity index (χ4v) is 5.71. The Morgan fingerprint density at radius 2 is 1.81 bits per heavy atom. The lowest BCUT2D eigenvalue weighted by molar-refractivity contribution is -0.136. The number of carbonyl (C=O) groups is 3. The van der Waals surface area contributed by atoms with Gasteiger partial charge in [-0.05, 0) is 55.5 Å². The molecule has 1 atom stereocenters. The molecule has 0 radical (unpaired) electrons. The Balaban J connectivity index is 1.31. The smallest absolute Gasteiger partial charge is 0.255 e. The molecule has 36 heavy (non-hydrogen) atoms. The van der Waals surface area contributed by atoms with Crippen molar-refractivity contribution in [1.82, 2.24) is 19.8 Å². The lowest BCUT2D eigenvalue weighted by atomic mass is 10.00. The Bertz CT molecular complexity index is 1370. The van der Waals surface area contributed by atoms with Gasteiger partial charge in [0.05, 0.1) is 17.7 Å². The summed E-state index contributed by atoms with van der Waals surface area (Å²) >= 11 is 0. The van der Waals surface area contributed by atoms with Crippen molar-refractivity contribution < 1.29 is 14.4 Å². The van der Waals surface area contributed by atoms with Crippen molar-refractivity contribution in [3.8, 4) is 22.5 Å². The average Bonchev–Trinajstić information content (AvgIpc) is 3.44. The van der Waals surface area contributed by atoms with E-state index in [1.54, 1.807) is 4.90 Å². The summed E-state index contributed by atoms with van der Waals surface area (Å²) in [6.07, 6.45) is 6.18. The molecule has 2 aromatic carbocycles. The van der Waals surface area contributed by atoms with Gasteiger partial charge < -0.3 is 14.4 Å². The van der Waals surface area contributed by atoms with Gasteiger partial charge in [-0.25, -0.2) is 4.98 Å². The molecule has 0 bridgehead atoms. The van der Waals surface area contributed by atoms with Crippen LogP contribution >= 0.6 is 0 Å². The van der Waals surface area contributed by atoms with E-state index in [0.717, 1.165) is 41.2 Å². The van der Waals surface area contributed by atoms with Crippen molar-refractivity contribution in [2.75, 3.05) is 18.0 Å². The van der Waals surface area contributed by atoms with Gasteiger partial charge in [-0.1, -0.05) is 18.2 Å². The highest BCUT2D eigenvalue weighted by Crippen LogP contribution is 2.36. The third-order valence-corrected chi connectivity index (χ3v) is 7.57. The highest BCUT2D eigenvalue weighted by Gasteiger charge is 2.39. The SMILES string of the molecule is Cn1cnc(-c2ccc3c(c2)CN(C2CCC(=O)NC2=O)C3=O)c1-c1cccc(N2CCCCC2)c1. The van der Waals surface area contributed by atoms with Gasteiger partial charge in [0.15, 0.2) is 0 Å². The van der Waals surface area contributed by atoms with Gasteiger partial charge in [0.2, 0.25) is 11.8 Å². The zero-order valence-electron chi connectivity index (χ0n) is 20.4. The number of aryl methyl sites for hydroxylation is 1. The van der Waals surface area contributed by atoms with Crippen LogP contribution in [0.3, 0.4) is 0 Å². The normalized spacial score (nSPS) is 20.0. The van der Waals surface area contributed by atoms with Gasteiger partial charge in [-0.2, -0.15) is 0 Å². The summed E-state index contributed by atoms with van der Waals surface area (Å²) in [7, 11) is 2.00. The minimum atomic E-state index is -0.617. The Labute approximate surface area is 209 Å². The number of amides is 3. The number of rotatable bonds is 4. The molecule has 1 unspecified atom stereocenters. The van der Waals surface area contributed by atoms with E-state index in [1.165, 1.54) is 24.9 Å². The fourth-order valence-electron chi connectivity index (χ4n) is 5.71. The first-order valence-corrected chi connectivity index (χ1v) is 12.6. The first kappa shape index (κ1) is 22.5. The number of carbonyl (C=O) groups excluding carboxylic acids is 3. The van der Waals surface area contributed by atoms with Gasteiger partial charge in [0.1, 0.15) is 6.04 Å². The second-order valence-electron chi connectivity index (χ2n) is 9.92. The fraction of sp³-hybridized carbons (Fsp3) is 0.357. The Hall–Kier alpha value is -3.94. The highest BCUT2D eigenvalue weighted by molar-refractivity contribution is 6.05. The van der Waals surface area contributed by atoms with Crippen LogP contribution in [0.2, 0.25) is 0 Å². The minimum Gasteiger partial charge on any atom is -0.372 e. The first-order chi connectivity index (χ1) is 17.5. The van der Waals surface area contributed by atoms with Crippen LogP contribution in [-0.4, -0.2) is 51.3 Å². The Morgan fingerprint density at radius 1 is 0.972 bits per heavy atom. The van der Waals surface area contributed by atoms with E-state index in [-0.39, 0.29) is 18.2 Å². The number of aromatic nitrogens is 2. The van der Waals surface area contributed by atoms with Crippen LogP contribution in [0.25, 0.3) is 22.5 Å². The predicted molar refractivity (Wildman–Crippen MR) is 136 cm³/mol. The van der Waals surface area contributed by atoms with E-state index in [0.29, 0.717) is 18.5 Å². The van der Waals surface area contributed by atoms with E-state index in [1.807, 2.05) is 36.1 Å². The maximum atomic E-state index is 13.1. The zero-order chi connectivity index (χ0) is 24.8. The summed E-state index contributed by atoms with van der Waals surface area (Å²) in [5.74, 6) is -0.843. The van der Waals surface area contributed by atoms with Crippen LogP contribution in [0.1, 0.15) is 48.0 Å². The van der Waals surface area contributed by atoms with Crippen LogP contribution in [0.15, 0.2) is 48.8 Å². The monoisotopic (exact) mass is 483 g/mol. The molecule has 8 heteroatoms. The minimum absolute atomic E-state index is 0.165. The molecule has 6 rings (SSSR count). The molecule has 2 saturated heterocycles. The van der Waals surface area contributed by atoms with E-state index in [2.05, 4.69) is 34.5 Å². The molecule has 0 spiro atoms. The molecule has 3 amide bonds. The number of nitrogens with zero attached hydrogens (tertiary/aromatic N) is 4. The summed E-state index contributed by atoms with van der Waals surface area (Å²) in [5.41, 5.74) is 6.65. The highest BCUT2D eigenvalue weighted by atomic mass is 16.2. The van der Waals surface area contributed by atoms with E-state index >= 15 is 0 Å². The quantitative estimate of drug-likeness (QED) is 0.574. The predicted octanol–water partition coefficient (Wildman–Crippen LogP) is 3.51. The summed E-state index contributed by atoms with van der Waals surface area (Å²) in [6.45, 7) is 2.52. The topological polar surface area (TPSA) is 87.5 Å². The van der Waals surface area contributed by atoms with Crippen molar-refractivity contribution in [2.45, 2.75) is 44.7 Å². The maximum absolute atomic E-state index is 13.1. The Kier molecular flexibility index (Phi) is 5.59. The first-order valence-electron chi connectivity index (χ1n) is 12.6. The standard InChI is InChI=1S/C28H29N5O3/c1-31-17-29-25(26(31)19-6-5-7-21(15-19)32-12-3-2-4-13-32)18-8-9-22-20(14-18)16-33(28(22)36)23-10-11-24(34)30-27(23)35/h5-9,14-15,17,23H,2-4,10-13,16H2,1H3,(H,30,34,35). The number of imidazole rings is 1. The number of anilines is 1. The molecule has 1 aromatic heterocycles. The second-order valence-corrected chi connectivity index (χ2v) is 9.92. The molecule has 1 N–H and O–H groups in total. The summed E-state index contributed by atoms with van der Waals surface area (Å²) in [4.78, 5) is 45.8. The largest absolute Gasteiger partial charge is 0.372 e. The average molecular weight is 484 g/mol. The van der Waals surface area contributed by atoms with Gasteiger partial charge in [-0.15, -0.1) is 0 Å². The van der Waals surface area contributed by atoms with Crippen LogP contribution in [-0.2, 0) is 23.2 Å². The Morgan fingerprint density at radius 3 is 2.61 bits per heavy atom. The third-order valence-electron chi connectivity index (χ3n) is 7.57. The molecule has 0 saturated carbocycles. The molecular formula is C28H29N5O3. The van der Waals surface area contributed by atoms with Crippen molar-refractivity contribution in [3.63, 3.8) is 0 Å². The van der Waals surface area contributed by atoms with Crippen LogP contribution in [0.4, 0.5) is 5.69 Å². The molecular weight excluding hydrogens is 454 g/mol. The number of piperidine rings is 2. The second kappa shape index (κ2) is 8.93. The van der Waals surface area contributed by atoms with Gasteiger partial charge in [-0.3, -0.25) is 19.7 Å². The molecule has 184 valence electrons. The third kappa shape index (κ3) is 3.86. The van der Waals surface area contributed by atoms with Gasteiger partial charge in [0.25, 0.3) is 5.91 Å². The summed E-state index contributed by atoms with van der Waals surface area (Å²) in [5, 5.41) is 2.36. The van der Waals surface area contributed by atoms with Gasteiger partial charge >= 0.3 is 0 Å². The lowest BCUT2D eigenvalue weighted by Crippen LogP contribution is -2.52. The number of benzene rings is 2. The van der Waals surface area contributed by atoms with Gasteiger partial charge in [0, 0.05) is 55.5 Å². The molecule has 4 heterocycles. The van der Waals surface area contributed by atoms with Crippen LogP contribution in [0.5, 0.6) is 0 Å². The molecule has 3 aliphatic heterocycles. The van der Waals surface area contributed by atoms with Crippen molar-refractivity contribution in [1.29, 1.82) is 0 Å². The zero-order valence-corrected chi connectivity index (χ0v) is 20.4. The van der Waals surface area contributed by atoms with Crippen molar-refractivity contribution in [2.24, 2.45) is 7.05 Å². The number of fused-ring (bicyclic) bond motifs is 1. The van der Waals surface area contributed by atoms with Crippen LogP contribution in [0, 0.1) is 0 Å². The summed E-state index contributed by atoms with van der Waals surface area (Å²) in [6, 6.07) is 13.8. The number of nitrogens with one attached hydrogen (secondary N) is 1. The molecule has 3 aliphatic rings. The molecule has 0 aliphatic carbocycles. The van der Waals surface area contributed by atoms with E-state index in [4.69, 9.17) is 4.98 Å². The van der Waals surface area contributed by atoms with Crippen LogP contribution < -0.4 is 10.2 Å². The number of hydrogen-bond acceptors (Lipinski definition) is 5. The lowest BCUT2D eigenvalue weighted by Gasteiger charge is -2.29. The molecule has 2 fully saturated rings. The molecule has 3 aromatic rings. The molecule has 8 nitrogen and oxygen atoms in total. The van der Waals surface area contributed by atoms with E-state index in [9.17, 15) is 14.4 Å². The van der Waals surface area contributed by atoms with E-state index < -0.39 is 11.9 Å². The summed E-state index contributed by atoms with van der Waals surface area (Å²) < 4.78 is 2.04.